The first-order valence-corrected chi connectivity index (χ1v) is 5.51. The second-order valence-corrected chi connectivity index (χ2v) is 4.68. The average molecular weight is 280 g/mol. The van der Waals surface area contributed by atoms with Crippen LogP contribution in [0.1, 0.15) is 25.7 Å². The number of rotatable bonds is 0. The van der Waals surface area contributed by atoms with Crippen molar-refractivity contribution in [2.75, 3.05) is 6.61 Å². The van der Waals surface area contributed by atoms with Crippen LogP contribution in [0, 0.1) is 0 Å². The van der Waals surface area contributed by atoms with Gasteiger partial charge in [-0.3, -0.25) is 0 Å². The molecule has 0 aromatic carbocycles. The minimum absolute atomic E-state index is 0.196. The Bertz CT molecular complexity index is 177. The third-order valence-corrected chi connectivity index (χ3v) is 2.78. The monoisotopic (exact) mass is 280 g/mol. The number of alkyl halides is 1. The number of carbonyl (C=O) groups is 1. The topological polar surface area (TPSA) is 26.3 Å². The summed E-state index contributed by atoms with van der Waals surface area (Å²) in [7, 11) is 0. The summed E-state index contributed by atoms with van der Waals surface area (Å²) in [6.45, 7) is 0.559. The van der Waals surface area contributed by atoms with E-state index in [1.54, 1.807) is 0 Å². The van der Waals surface area contributed by atoms with Crippen molar-refractivity contribution in [3.05, 3.63) is 12.2 Å². The van der Waals surface area contributed by atoms with Gasteiger partial charge in [0, 0.05) is 10.0 Å². The summed E-state index contributed by atoms with van der Waals surface area (Å²) in [5.74, 6) is -0.196. The molecule has 0 saturated heterocycles. The molecule has 0 aliphatic carbocycles. The Kier molecular flexibility index (Phi) is 4.65. The minimum atomic E-state index is -0.196. The maximum atomic E-state index is 10.9. The number of ether oxygens (including phenoxy) is 1. The maximum Gasteiger partial charge on any atom is 0.330 e. The van der Waals surface area contributed by atoms with Crippen molar-refractivity contribution >= 4 is 28.6 Å². The summed E-state index contributed by atoms with van der Waals surface area (Å²) in [5, 5.41) is 0. The van der Waals surface area contributed by atoms with Gasteiger partial charge in [-0.25, -0.2) is 4.79 Å². The van der Waals surface area contributed by atoms with Gasteiger partial charge in [0.05, 0.1) is 0 Å². The minimum Gasteiger partial charge on any atom is -0.461 e. The van der Waals surface area contributed by atoms with Gasteiger partial charge < -0.3 is 4.74 Å². The highest BCUT2D eigenvalue weighted by atomic mass is 127. The number of hydrogen-bond acceptors (Lipinski definition) is 2. The summed E-state index contributed by atoms with van der Waals surface area (Å²) in [6.07, 6.45) is 8.00. The highest BCUT2D eigenvalue weighted by molar-refractivity contribution is 14.1. The van der Waals surface area contributed by atoms with Crippen LogP contribution in [-0.4, -0.2) is 16.5 Å². The molecular weight excluding hydrogens is 267 g/mol. The van der Waals surface area contributed by atoms with Gasteiger partial charge in [-0.05, 0) is 19.3 Å². The quantitative estimate of drug-likeness (QED) is 0.387. The molecule has 1 rings (SSSR count). The van der Waals surface area contributed by atoms with E-state index in [4.69, 9.17) is 4.74 Å². The number of esters is 1. The Morgan fingerprint density at radius 2 is 2.33 bits per heavy atom. The zero-order chi connectivity index (χ0) is 8.81. The van der Waals surface area contributed by atoms with Crippen LogP contribution in [-0.2, 0) is 9.53 Å². The molecule has 0 radical (unpaired) electrons. The van der Waals surface area contributed by atoms with E-state index < -0.39 is 0 Å². The lowest BCUT2D eigenvalue weighted by atomic mass is 10.1. The van der Waals surface area contributed by atoms with E-state index in [1.165, 1.54) is 18.9 Å². The van der Waals surface area contributed by atoms with E-state index in [0.29, 0.717) is 10.5 Å². The average Bonchev–Trinajstić information content (AvgIpc) is 2.07. The molecule has 0 saturated carbocycles. The lowest BCUT2D eigenvalue weighted by Gasteiger charge is -2.10. The molecule has 0 fully saturated rings. The third kappa shape index (κ3) is 4.09. The Balaban J connectivity index is 2.40. The zero-order valence-electron chi connectivity index (χ0n) is 6.96. The van der Waals surface area contributed by atoms with Crippen molar-refractivity contribution in [3.8, 4) is 0 Å². The van der Waals surface area contributed by atoms with Gasteiger partial charge in [0.1, 0.15) is 6.61 Å². The molecule has 0 aromatic heterocycles. The van der Waals surface area contributed by atoms with Crippen LogP contribution in [0.2, 0.25) is 0 Å². The van der Waals surface area contributed by atoms with E-state index in [2.05, 4.69) is 22.6 Å². The predicted molar refractivity (Wildman–Crippen MR) is 56.4 cm³/mol. The van der Waals surface area contributed by atoms with Crippen LogP contribution in [0.25, 0.3) is 0 Å². The van der Waals surface area contributed by atoms with Crippen LogP contribution in [0.3, 0.4) is 0 Å². The van der Waals surface area contributed by atoms with E-state index in [9.17, 15) is 4.79 Å². The SMILES string of the molecule is O=C1/C=C\CCCCC(I)CO1. The second kappa shape index (κ2) is 5.56. The lowest BCUT2D eigenvalue weighted by Crippen LogP contribution is -2.12. The van der Waals surface area contributed by atoms with Crippen molar-refractivity contribution in [3.63, 3.8) is 0 Å². The van der Waals surface area contributed by atoms with Gasteiger partial charge in [-0.15, -0.1) is 0 Å². The number of hydrogen-bond donors (Lipinski definition) is 0. The predicted octanol–water partition coefficient (Wildman–Crippen LogP) is 2.46. The molecule has 0 spiro atoms. The summed E-state index contributed by atoms with van der Waals surface area (Å²) in [6, 6.07) is 0. The van der Waals surface area contributed by atoms with E-state index in [0.717, 1.165) is 12.8 Å². The molecule has 68 valence electrons. The Morgan fingerprint density at radius 3 is 3.17 bits per heavy atom. The fourth-order valence-electron chi connectivity index (χ4n) is 1.11. The zero-order valence-corrected chi connectivity index (χ0v) is 9.12. The number of carbonyl (C=O) groups excluding carboxylic acids is 1. The van der Waals surface area contributed by atoms with Crippen molar-refractivity contribution in [1.29, 1.82) is 0 Å². The molecule has 0 amide bonds. The summed E-state index contributed by atoms with van der Waals surface area (Å²) >= 11 is 2.34. The summed E-state index contributed by atoms with van der Waals surface area (Å²) in [5.41, 5.74) is 0. The van der Waals surface area contributed by atoms with Crippen LogP contribution in [0.4, 0.5) is 0 Å². The number of cyclic esters (lactones) is 1. The van der Waals surface area contributed by atoms with Gasteiger partial charge >= 0.3 is 5.97 Å². The third-order valence-electron chi connectivity index (χ3n) is 1.80. The molecule has 0 N–H and O–H groups in total. The molecule has 3 heteroatoms. The molecule has 1 unspecified atom stereocenters. The standard InChI is InChI=1S/C9H13IO2/c10-8-5-3-1-2-4-6-9(11)12-7-8/h4,6,8H,1-3,5,7H2/b6-4-. The largest absolute Gasteiger partial charge is 0.461 e. The van der Waals surface area contributed by atoms with Crippen molar-refractivity contribution in [2.24, 2.45) is 0 Å². The van der Waals surface area contributed by atoms with Gasteiger partial charge in [-0.1, -0.05) is 35.1 Å². The molecule has 2 nitrogen and oxygen atoms in total. The normalized spacial score (nSPS) is 29.1. The Hall–Kier alpha value is -0.0600. The molecular formula is C9H13IO2. The van der Waals surface area contributed by atoms with Crippen LogP contribution < -0.4 is 0 Å². The fraction of sp³-hybridized carbons (Fsp3) is 0.667. The van der Waals surface area contributed by atoms with Gasteiger partial charge in [0.15, 0.2) is 0 Å². The molecule has 0 bridgehead atoms. The summed E-state index contributed by atoms with van der Waals surface area (Å²) < 4.78 is 5.48. The van der Waals surface area contributed by atoms with E-state index in [-0.39, 0.29) is 5.97 Å². The molecule has 0 aromatic rings. The van der Waals surface area contributed by atoms with Crippen LogP contribution in [0.15, 0.2) is 12.2 Å². The van der Waals surface area contributed by atoms with Gasteiger partial charge in [0.2, 0.25) is 0 Å². The number of allylic oxidation sites excluding steroid dienone is 1. The first kappa shape index (κ1) is 10.0. The number of halogens is 1. The molecule has 12 heavy (non-hydrogen) atoms. The van der Waals surface area contributed by atoms with E-state index in [1.807, 2.05) is 6.08 Å². The smallest absolute Gasteiger partial charge is 0.330 e. The van der Waals surface area contributed by atoms with Crippen molar-refractivity contribution in [2.45, 2.75) is 29.6 Å². The first-order valence-electron chi connectivity index (χ1n) is 4.26. The van der Waals surface area contributed by atoms with Crippen LogP contribution in [0.5, 0.6) is 0 Å². The molecule has 1 heterocycles. The van der Waals surface area contributed by atoms with Gasteiger partial charge in [0.25, 0.3) is 0 Å². The maximum absolute atomic E-state index is 10.9. The Labute approximate surface area is 86.5 Å². The highest BCUT2D eigenvalue weighted by Crippen LogP contribution is 2.13. The molecule has 1 atom stereocenters. The highest BCUT2D eigenvalue weighted by Gasteiger charge is 2.07. The fourth-order valence-corrected chi connectivity index (χ4v) is 1.73. The lowest BCUT2D eigenvalue weighted by molar-refractivity contribution is -0.137. The second-order valence-electron chi connectivity index (χ2n) is 2.91. The van der Waals surface area contributed by atoms with Crippen LogP contribution >= 0.6 is 22.6 Å². The molecule has 1 aliphatic heterocycles. The van der Waals surface area contributed by atoms with Crippen molar-refractivity contribution < 1.29 is 9.53 Å². The summed E-state index contributed by atoms with van der Waals surface area (Å²) in [4.78, 5) is 10.9. The van der Waals surface area contributed by atoms with Gasteiger partial charge in [-0.2, -0.15) is 0 Å². The Morgan fingerprint density at radius 1 is 1.50 bits per heavy atom. The molecule has 1 aliphatic rings. The first-order chi connectivity index (χ1) is 5.79. The van der Waals surface area contributed by atoms with Crippen molar-refractivity contribution in [1.82, 2.24) is 0 Å². The van der Waals surface area contributed by atoms with E-state index >= 15 is 0 Å².